The van der Waals surface area contributed by atoms with Crippen molar-refractivity contribution >= 4 is 46.3 Å². The molecule has 0 saturated heterocycles. The number of nitrogens with two attached hydrogens (primary N) is 1. The van der Waals surface area contributed by atoms with Gasteiger partial charge in [0.2, 0.25) is 18.7 Å². The lowest BCUT2D eigenvalue weighted by atomic mass is 10.1. The standard InChI is InChI=1S/C15H30N6O3S2/c1-11(5-4-6-19-14(16)17)21-13(24)12(20-10-23)7-25-26-15(2,3)8-18-9-22/h9-12H,4-8H2,1-3H3,(H,18,22)(H,20,23)(H,21,24)(H4,16,17,19). The average Bonchev–Trinajstić information content (AvgIpc) is 2.56. The molecule has 0 aliphatic heterocycles. The highest BCUT2D eigenvalue weighted by Gasteiger charge is 2.23. The van der Waals surface area contributed by atoms with Crippen LogP contribution in [-0.4, -0.2) is 60.4 Å². The highest BCUT2D eigenvalue weighted by molar-refractivity contribution is 8.77. The fourth-order valence-electron chi connectivity index (χ4n) is 1.91. The molecule has 0 aromatic heterocycles. The second-order valence-electron chi connectivity index (χ2n) is 6.36. The number of amides is 3. The smallest absolute Gasteiger partial charge is 0.243 e. The third kappa shape index (κ3) is 12.7. The van der Waals surface area contributed by atoms with Crippen molar-refractivity contribution in [1.82, 2.24) is 21.3 Å². The summed E-state index contributed by atoms with van der Waals surface area (Å²) in [4.78, 5) is 33.5. The van der Waals surface area contributed by atoms with E-state index in [0.29, 0.717) is 31.7 Å². The fourth-order valence-corrected chi connectivity index (χ4v) is 4.57. The lowest BCUT2D eigenvalue weighted by molar-refractivity contribution is -0.125. The number of guanidine groups is 1. The Bertz CT molecular complexity index is 465. The summed E-state index contributed by atoms with van der Waals surface area (Å²) in [5, 5.41) is 17.8. The minimum Gasteiger partial charge on any atom is -0.370 e. The van der Waals surface area contributed by atoms with Gasteiger partial charge in [-0.25, -0.2) is 0 Å². The van der Waals surface area contributed by atoms with Crippen molar-refractivity contribution in [3.8, 4) is 0 Å². The van der Waals surface area contributed by atoms with Gasteiger partial charge in [0.05, 0.1) is 0 Å². The Morgan fingerprint density at radius 3 is 2.58 bits per heavy atom. The van der Waals surface area contributed by atoms with Crippen LogP contribution in [0.3, 0.4) is 0 Å². The van der Waals surface area contributed by atoms with Gasteiger partial charge >= 0.3 is 0 Å². The number of carbonyl (C=O) groups excluding carboxylic acids is 3. The maximum Gasteiger partial charge on any atom is 0.243 e. The Morgan fingerprint density at radius 2 is 2.00 bits per heavy atom. The number of hydrogen-bond acceptors (Lipinski definition) is 6. The van der Waals surface area contributed by atoms with E-state index in [0.717, 1.165) is 12.8 Å². The molecular formula is C15H30N6O3S2. The molecule has 0 aromatic carbocycles. The largest absolute Gasteiger partial charge is 0.370 e. The predicted octanol–water partition coefficient (Wildman–Crippen LogP) is -0.225. The number of nitrogens with one attached hydrogen (secondary N) is 5. The maximum absolute atomic E-state index is 12.3. The van der Waals surface area contributed by atoms with Crippen molar-refractivity contribution in [1.29, 1.82) is 5.41 Å². The van der Waals surface area contributed by atoms with E-state index < -0.39 is 6.04 Å². The van der Waals surface area contributed by atoms with Gasteiger partial charge < -0.3 is 27.0 Å². The minimum absolute atomic E-state index is 0.0573. The molecule has 0 saturated carbocycles. The van der Waals surface area contributed by atoms with Crippen LogP contribution in [0.5, 0.6) is 0 Å². The molecule has 11 heteroatoms. The molecule has 0 radical (unpaired) electrons. The molecule has 150 valence electrons. The van der Waals surface area contributed by atoms with Crippen LogP contribution in [0.15, 0.2) is 0 Å². The molecule has 26 heavy (non-hydrogen) atoms. The van der Waals surface area contributed by atoms with Crippen LogP contribution in [0.4, 0.5) is 0 Å². The van der Waals surface area contributed by atoms with E-state index in [2.05, 4.69) is 21.3 Å². The fraction of sp³-hybridized carbons (Fsp3) is 0.733. The van der Waals surface area contributed by atoms with Crippen molar-refractivity contribution in [3.05, 3.63) is 0 Å². The number of carbonyl (C=O) groups is 3. The van der Waals surface area contributed by atoms with Gasteiger partial charge in [-0.05, 0) is 33.6 Å². The van der Waals surface area contributed by atoms with Crippen LogP contribution >= 0.6 is 21.6 Å². The molecule has 0 fully saturated rings. The third-order valence-corrected chi connectivity index (χ3v) is 6.53. The highest BCUT2D eigenvalue weighted by atomic mass is 33.1. The van der Waals surface area contributed by atoms with Crippen molar-refractivity contribution in [2.24, 2.45) is 5.73 Å². The maximum atomic E-state index is 12.3. The molecule has 7 N–H and O–H groups in total. The van der Waals surface area contributed by atoms with Crippen molar-refractivity contribution in [3.63, 3.8) is 0 Å². The molecular weight excluding hydrogens is 376 g/mol. The molecule has 0 bridgehead atoms. The third-order valence-electron chi connectivity index (χ3n) is 3.23. The number of rotatable bonds is 15. The summed E-state index contributed by atoms with van der Waals surface area (Å²) in [6.07, 6.45) is 2.67. The van der Waals surface area contributed by atoms with Gasteiger partial charge in [-0.2, -0.15) is 0 Å². The van der Waals surface area contributed by atoms with E-state index in [1.165, 1.54) is 10.8 Å². The van der Waals surface area contributed by atoms with Crippen LogP contribution in [-0.2, 0) is 14.4 Å². The van der Waals surface area contributed by atoms with Gasteiger partial charge in [0.15, 0.2) is 5.96 Å². The van der Waals surface area contributed by atoms with Crippen molar-refractivity contribution in [2.75, 3.05) is 18.8 Å². The molecule has 2 atom stereocenters. The Morgan fingerprint density at radius 1 is 1.31 bits per heavy atom. The summed E-state index contributed by atoms with van der Waals surface area (Å²) in [6, 6.07) is -0.685. The summed E-state index contributed by atoms with van der Waals surface area (Å²) < 4.78 is -0.190. The van der Waals surface area contributed by atoms with Crippen molar-refractivity contribution in [2.45, 2.75) is 50.4 Å². The minimum atomic E-state index is -0.627. The summed E-state index contributed by atoms with van der Waals surface area (Å²) in [6.45, 7) is 6.94. The average molecular weight is 407 g/mol. The first-order valence-corrected chi connectivity index (χ1v) is 10.6. The lowest BCUT2D eigenvalue weighted by Crippen LogP contribution is -2.48. The molecule has 0 aliphatic carbocycles. The first kappa shape index (κ1) is 24.4. The number of hydrogen-bond donors (Lipinski definition) is 6. The molecule has 0 rings (SSSR count). The first-order chi connectivity index (χ1) is 12.2. The van der Waals surface area contributed by atoms with E-state index in [1.54, 1.807) is 10.8 Å². The van der Waals surface area contributed by atoms with Crippen LogP contribution in [0, 0.1) is 5.41 Å². The van der Waals surface area contributed by atoms with Crippen LogP contribution in [0.2, 0.25) is 0 Å². The van der Waals surface area contributed by atoms with Gasteiger partial charge in [0.25, 0.3) is 0 Å². The molecule has 0 aliphatic rings. The van der Waals surface area contributed by atoms with Crippen molar-refractivity contribution < 1.29 is 14.4 Å². The zero-order valence-corrected chi connectivity index (χ0v) is 17.1. The molecule has 0 spiro atoms. The topological polar surface area (TPSA) is 149 Å². The second kappa shape index (κ2) is 13.6. The molecule has 0 heterocycles. The van der Waals surface area contributed by atoms with Gasteiger partial charge in [-0.15, -0.1) is 0 Å². The monoisotopic (exact) mass is 406 g/mol. The van der Waals surface area contributed by atoms with E-state index in [4.69, 9.17) is 11.1 Å². The highest BCUT2D eigenvalue weighted by Crippen LogP contribution is 2.35. The Hall–Kier alpha value is -1.62. The van der Waals surface area contributed by atoms with Crippen LogP contribution < -0.4 is 27.0 Å². The zero-order valence-electron chi connectivity index (χ0n) is 15.5. The molecule has 3 amide bonds. The summed E-state index contributed by atoms with van der Waals surface area (Å²) >= 11 is 0. The van der Waals surface area contributed by atoms with Gasteiger partial charge in [-0.3, -0.25) is 19.8 Å². The van der Waals surface area contributed by atoms with E-state index in [9.17, 15) is 14.4 Å². The van der Waals surface area contributed by atoms with E-state index >= 15 is 0 Å². The normalized spacial score (nSPS) is 13.2. The van der Waals surface area contributed by atoms with E-state index in [1.807, 2.05) is 20.8 Å². The van der Waals surface area contributed by atoms with Gasteiger partial charge in [0, 0.05) is 29.6 Å². The second-order valence-corrected chi connectivity index (χ2v) is 9.40. The first-order valence-electron chi connectivity index (χ1n) is 8.27. The van der Waals surface area contributed by atoms with Gasteiger partial charge in [0.1, 0.15) is 6.04 Å². The Balaban J connectivity index is 4.28. The zero-order chi connectivity index (χ0) is 20.0. The molecule has 0 aromatic rings. The summed E-state index contributed by atoms with van der Waals surface area (Å²) in [7, 11) is 3.02. The van der Waals surface area contributed by atoms with Crippen LogP contribution in [0.1, 0.15) is 33.6 Å². The van der Waals surface area contributed by atoms with E-state index in [-0.39, 0.29) is 22.7 Å². The quantitative estimate of drug-likeness (QED) is 0.0723. The summed E-state index contributed by atoms with van der Waals surface area (Å²) in [5.41, 5.74) is 5.20. The Kier molecular flexibility index (Phi) is 12.7. The Labute approximate surface area is 162 Å². The predicted molar refractivity (Wildman–Crippen MR) is 108 cm³/mol. The van der Waals surface area contributed by atoms with Gasteiger partial charge in [-0.1, -0.05) is 21.6 Å². The lowest BCUT2D eigenvalue weighted by Gasteiger charge is -2.24. The SMILES string of the molecule is CC(CCCNC(=N)N)NC(=O)C(CSSC(C)(C)CNC=O)NC=O. The molecule has 2 unspecified atom stereocenters. The molecule has 9 nitrogen and oxygen atoms in total. The van der Waals surface area contributed by atoms with Crippen LogP contribution in [0.25, 0.3) is 0 Å². The summed E-state index contributed by atoms with van der Waals surface area (Å²) in [5.74, 6) is 0.108.